The first kappa shape index (κ1) is 18.0. The molecule has 0 spiro atoms. The number of benzene rings is 1. The van der Waals surface area contributed by atoms with Gasteiger partial charge in [-0.1, -0.05) is 12.1 Å². The topological polar surface area (TPSA) is 82.3 Å². The average Bonchev–Trinajstić information content (AvgIpc) is 2.50. The second-order valence-corrected chi connectivity index (χ2v) is 5.58. The minimum atomic E-state index is -0.196. The number of nitrogens with one attached hydrogen (secondary N) is 4. The summed E-state index contributed by atoms with van der Waals surface area (Å²) in [4.78, 5) is 23.4. The molecule has 0 aliphatic heterocycles. The van der Waals surface area contributed by atoms with Gasteiger partial charge in [-0.15, -0.1) is 0 Å². The quantitative estimate of drug-likeness (QED) is 0.611. The number of likely N-dealkylation sites (N-methyl/N-ethyl adjacent to an activating group) is 1. The van der Waals surface area contributed by atoms with Crippen LogP contribution in [0.3, 0.4) is 0 Å². The summed E-state index contributed by atoms with van der Waals surface area (Å²) < 4.78 is 0. The molecular weight excluding hydrogens is 280 g/mol. The van der Waals surface area contributed by atoms with Gasteiger partial charge in [0.15, 0.2) is 0 Å². The number of amides is 3. The first-order valence-corrected chi connectivity index (χ1v) is 7.51. The van der Waals surface area contributed by atoms with Crippen LogP contribution in [0.15, 0.2) is 24.3 Å². The van der Waals surface area contributed by atoms with Gasteiger partial charge >= 0.3 is 6.03 Å². The number of hydrogen-bond donors (Lipinski definition) is 4. The van der Waals surface area contributed by atoms with E-state index in [0.717, 1.165) is 5.56 Å². The molecule has 0 fully saturated rings. The van der Waals surface area contributed by atoms with Crippen molar-refractivity contribution in [1.29, 1.82) is 0 Å². The van der Waals surface area contributed by atoms with Crippen molar-refractivity contribution < 1.29 is 9.59 Å². The predicted octanol–water partition coefficient (Wildman–Crippen LogP) is 1.23. The number of urea groups is 1. The largest absolute Gasteiger partial charge is 0.350 e. The van der Waals surface area contributed by atoms with Crippen molar-refractivity contribution in [3.8, 4) is 0 Å². The van der Waals surface area contributed by atoms with Crippen LogP contribution in [0.4, 0.5) is 4.79 Å². The van der Waals surface area contributed by atoms with Crippen molar-refractivity contribution in [2.75, 3.05) is 13.6 Å². The van der Waals surface area contributed by atoms with E-state index in [-0.39, 0.29) is 24.0 Å². The summed E-state index contributed by atoms with van der Waals surface area (Å²) in [5, 5.41) is 11.4. The average molecular weight is 306 g/mol. The number of carbonyl (C=O) groups excluding carboxylic acids is 2. The Morgan fingerprint density at radius 3 is 2.23 bits per heavy atom. The predicted molar refractivity (Wildman–Crippen MR) is 87.8 cm³/mol. The minimum absolute atomic E-state index is 0.0980. The van der Waals surface area contributed by atoms with Crippen molar-refractivity contribution in [1.82, 2.24) is 21.3 Å². The highest BCUT2D eigenvalue weighted by Gasteiger charge is 2.07. The molecule has 6 heteroatoms. The highest BCUT2D eigenvalue weighted by molar-refractivity contribution is 5.94. The molecule has 4 N–H and O–H groups in total. The molecule has 0 radical (unpaired) electrons. The second kappa shape index (κ2) is 9.04. The highest BCUT2D eigenvalue weighted by atomic mass is 16.2. The third kappa shape index (κ3) is 6.58. The Bertz CT molecular complexity index is 485. The first-order valence-electron chi connectivity index (χ1n) is 7.51. The lowest BCUT2D eigenvalue weighted by Gasteiger charge is -2.12. The summed E-state index contributed by atoms with van der Waals surface area (Å²) >= 11 is 0. The molecule has 1 atom stereocenters. The van der Waals surface area contributed by atoms with Crippen molar-refractivity contribution in [2.24, 2.45) is 0 Å². The molecule has 1 unspecified atom stereocenters. The van der Waals surface area contributed by atoms with E-state index < -0.39 is 0 Å². The van der Waals surface area contributed by atoms with Gasteiger partial charge in [0.25, 0.3) is 5.91 Å². The van der Waals surface area contributed by atoms with Gasteiger partial charge < -0.3 is 21.3 Å². The van der Waals surface area contributed by atoms with E-state index in [1.165, 1.54) is 0 Å². The van der Waals surface area contributed by atoms with Gasteiger partial charge in [-0.3, -0.25) is 4.79 Å². The smallest absolute Gasteiger partial charge is 0.315 e. The number of rotatable bonds is 7. The van der Waals surface area contributed by atoms with Crippen molar-refractivity contribution >= 4 is 11.9 Å². The summed E-state index contributed by atoms with van der Waals surface area (Å²) in [7, 11) is 1.86. The van der Waals surface area contributed by atoms with Crippen molar-refractivity contribution in [3.05, 3.63) is 35.4 Å². The molecule has 0 saturated heterocycles. The van der Waals surface area contributed by atoms with Crippen molar-refractivity contribution in [3.63, 3.8) is 0 Å². The van der Waals surface area contributed by atoms with Crippen LogP contribution in [-0.2, 0) is 6.54 Å². The van der Waals surface area contributed by atoms with Crippen LogP contribution in [0, 0.1) is 0 Å². The zero-order valence-corrected chi connectivity index (χ0v) is 13.7. The van der Waals surface area contributed by atoms with E-state index in [4.69, 9.17) is 0 Å². The monoisotopic (exact) mass is 306 g/mol. The van der Waals surface area contributed by atoms with Gasteiger partial charge in [0.05, 0.1) is 0 Å². The molecule has 1 aromatic carbocycles. The van der Waals surface area contributed by atoms with E-state index in [1.807, 2.05) is 40.0 Å². The third-order valence-electron chi connectivity index (χ3n) is 3.15. The first-order chi connectivity index (χ1) is 10.4. The van der Waals surface area contributed by atoms with E-state index in [9.17, 15) is 9.59 Å². The van der Waals surface area contributed by atoms with Gasteiger partial charge in [0.1, 0.15) is 0 Å². The molecule has 1 aromatic rings. The number of carbonyl (C=O) groups is 2. The van der Waals surface area contributed by atoms with E-state index in [0.29, 0.717) is 18.7 Å². The Labute approximate surface area is 132 Å². The standard InChI is InChI=1S/C16H26N4O2/c1-11(2)20-16(22)19-10-13-5-7-14(8-6-13)15(21)18-9-12(3)17-4/h5-8,11-12,17H,9-10H2,1-4H3,(H,18,21)(H2,19,20,22). The fourth-order valence-electron chi connectivity index (χ4n) is 1.72. The summed E-state index contributed by atoms with van der Waals surface area (Å²) in [6, 6.07) is 7.34. The Kier molecular flexibility index (Phi) is 7.39. The van der Waals surface area contributed by atoms with Gasteiger partial charge in [0.2, 0.25) is 0 Å². The van der Waals surface area contributed by atoms with Crippen LogP contribution in [0.5, 0.6) is 0 Å². The van der Waals surface area contributed by atoms with Crippen LogP contribution in [0.25, 0.3) is 0 Å². The lowest BCUT2D eigenvalue weighted by Crippen LogP contribution is -2.39. The molecule has 3 amide bonds. The fraction of sp³-hybridized carbons (Fsp3) is 0.500. The zero-order valence-electron chi connectivity index (χ0n) is 13.7. The Morgan fingerprint density at radius 1 is 1.05 bits per heavy atom. The molecule has 0 aromatic heterocycles. The van der Waals surface area contributed by atoms with E-state index >= 15 is 0 Å². The Morgan fingerprint density at radius 2 is 1.68 bits per heavy atom. The number of hydrogen-bond acceptors (Lipinski definition) is 3. The molecule has 1 rings (SSSR count). The van der Waals surface area contributed by atoms with Crippen molar-refractivity contribution in [2.45, 2.75) is 39.4 Å². The Balaban J connectivity index is 2.45. The van der Waals surface area contributed by atoms with Crippen LogP contribution in [0.2, 0.25) is 0 Å². The van der Waals surface area contributed by atoms with Gasteiger partial charge in [-0.25, -0.2) is 4.79 Å². The maximum atomic E-state index is 11.9. The molecule has 122 valence electrons. The van der Waals surface area contributed by atoms with Crippen LogP contribution >= 0.6 is 0 Å². The molecule has 0 aliphatic carbocycles. The summed E-state index contributed by atoms with van der Waals surface area (Å²) in [5.74, 6) is -0.0980. The Hall–Kier alpha value is -2.08. The van der Waals surface area contributed by atoms with Gasteiger partial charge in [-0.2, -0.15) is 0 Å². The summed E-state index contributed by atoms with van der Waals surface area (Å²) in [5.41, 5.74) is 1.55. The van der Waals surface area contributed by atoms with Gasteiger partial charge in [0, 0.05) is 30.7 Å². The molecule has 0 heterocycles. The molecule has 0 saturated carbocycles. The zero-order chi connectivity index (χ0) is 16.5. The maximum Gasteiger partial charge on any atom is 0.315 e. The van der Waals surface area contributed by atoms with Crippen LogP contribution < -0.4 is 21.3 Å². The van der Waals surface area contributed by atoms with E-state index in [2.05, 4.69) is 21.3 Å². The molecular formula is C16H26N4O2. The van der Waals surface area contributed by atoms with E-state index in [1.54, 1.807) is 12.1 Å². The molecule has 22 heavy (non-hydrogen) atoms. The van der Waals surface area contributed by atoms with Crippen LogP contribution in [-0.4, -0.2) is 37.6 Å². The lowest BCUT2D eigenvalue weighted by molar-refractivity contribution is 0.0950. The molecule has 6 nitrogen and oxygen atoms in total. The highest BCUT2D eigenvalue weighted by Crippen LogP contribution is 2.04. The minimum Gasteiger partial charge on any atom is -0.350 e. The third-order valence-corrected chi connectivity index (χ3v) is 3.15. The van der Waals surface area contributed by atoms with Gasteiger partial charge in [-0.05, 0) is 45.5 Å². The SMILES string of the molecule is CNC(C)CNC(=O)c1ccc(CNC(=O)NC(C)C)cc1. The normalized spacial score (nSPS) is 11.9. The maximum absolute atomic E-state index is 11.9. The molecule has 0 bridgehead atoms. The fourth-order valence-corrected chi connectivity index (χ4v) is 1.72. The second-order valence-electron chi connectivity index (χ2n) is 5.58. The lowest BCUT2D eigenvalue weighted by atomic mass is 10.1. The summed E-state index contributed by atoms with van der Waals surface area (Å²) in [6.45, 7) is 6.81. The summed E-state index contributed by atoms with van der Waals surface area (Å²) in [6.07, 6.45) is 0. The van der Waals surface area contributed by atoms with Crippen LogP contribution in [0.1, 0.15) is 36.7 Å². The molecule has 0 aliphatic rings.